The van der Waals surface area contributed by atoms with Gasteiger partial charge in [0.15, 0.2) is 0 Å². The molecule has 0 atom stereocenters. The molecule has 0 aromatic heterocycles. The molecule has 4 heteroatoms. The van der Waals surface area contributed by atoms with Gasteiger partial charge in [0.25, 0.3) is 0 Å². The van der Waals surface area contributed by atoms with Crippen molar-refractivity contribution >= 4 is 5.91 Å². The first kappa shape index (κ1) is 11.9. The zero-order chi connectivity index (χ0) is 10.3. The fourth-order valence-electron chi connectivity index (χ4n) is 0.863. The van der Waals surface area contributed by atoms with Crippen molar-refractivity contribution in [1.29, 1.82) is 5.26 Å². The van der Waals surface area contributed by atoms with Crippen LogP contribution in [-0.4, -0.2) is 49.9 Å². The predicted octanol–water partition coefficient (Wildman–Crippen LogP) is 0.310. The molecule has 0 rings (SSSR count). The smallest absolute Gasteiger partial charge is 0.223 e. The molecule has 0 aromatic carbocycles. The summed E-state index contributed by atoms with van der Waals surface area (Å²) < 4.78 is 0. The molecule has 0 saturated heterocycles. The predicted molar refractivity (Wildman–Crippen MR) is 51.0 cm³/mol. The van der Waals surface area contributed by atoms with Gasteiger partial charge in [0.05, 0.1) is 6.07 Å². The van der Waals surface area contributed by atoms with Gasteiger partial charge in [0, 0.05) is 40.0 Å². The summed E-state index contributed by atoms with van der Waals surface area (Å²) >= 11 is 0. The van der Waals surface area contributed by atoms with Crippen LogP contribution in [0.15, 0.2) is 0 Å². The van der Waals surface area contributed by atoms with Gasteiger partial charge in [-0.3, -0.25) is 4.79 Å². The summed E-state index contributed by atoms with van der Waals surface area (Å²) in [5, 5.41) is 8.33. The summed E-state index contributed by atoms with van der Waals surface area (Å²) in [4.78, 5) is 14.7. The number of carbonyl (C=O) groups excluding carboxylic acids is 1. The van der Waals surface area contributed by atoms with Gasteiger partial charge in [-0.15, -0.1) is 0 Å². The van der Waals surface area contributed by atoms with Gasteiger partial charge in [0.2, 0.25) is 5.91 Å². The third-order valence-electron chi connectivity index (χ3n) is 1.81. The van der Waals surface area contributed by atoms with Gasteiger partial charge in [-0.2, -0.15) is 5.26 Å². The van der Waals surface area contributed by atoms with Crippen LogP contribution in [-0.2, 0) is 4.79 Å². The molecule has 0 N–H and O–H groups in total. The van der Waals surface area contributed by atoms with Crippen LogP contribution in [0.4, 0.5) is 0 Å². The molecular formula is C9H17N3O. The molecule has 0 aliphatic carbocycles. The van der Waals surface area contributed by atoms with Crippen LogP contribution in [0.1, 0.15) is 12.8 Å². The highest BCUT2D eigenvalue weighted by molar-refractivity contribution is 5.75. The third-order valence-corrected chi connectivity index (χ3v) is 1.81. The van der Waals surface area contributed by atoms with Gasteiger partial charge in [-0.25, -0.2) is 0 Å². The molecule has 74 valence electrons. The van der Waals surface area contributed by atoms with Crippen molar-refractivity contribution in [3.05, 3.63) is 0 Å². The summed E-state index contributed by atoms with van der Waals surface area (Å²) in [6, 6.07) is 2.07. The lowest BCUT2D eigenvalue weighted by molar-refractivity contribution is -0.128. The lowest BCUT2D eigenvalue weighted by Gasteiger charge is -2.16. The molecule has 4 nitrogen and oxygen atoms in total. The maximum Gasteiger partial charge on any atom is 0.223 e. The Morgan fingerprint density at radius 3 is 2.38 bits per heavy atom. The average molecular weight is 183 g/mol. The van der Waals surface area contributed by atoms with Crippen LogP contribution >= 0.6 is 0 Å². The molecule has 0 aromatic rings. The van der Waals surface area contributed by atoms with Gasteiger partial charge >= 0.3 is 0 Å². The Morgan fingerprint density at radius 1 is 1.31 bits per heavy atom. The average Bonchev–Trinajstić information content (AvgIpc) is 2.10. The molecule has 0 unspecified atom stereocenters. The standard InChI is InChI=1S/C9H17N3O/c1-11(2)9(13)5-8-12(3)7-4-6-10/h4-5,7-8H2,1-3H3. The molecule has 0 heterocycles. The number of hydrogen-bond donors (Lipinski definition) is 0. The van der Waals surface area contributed by atoms with Crippen molar-refractivity contribution in [3.8, 4) is 6.07 Å². The van der Waals surface area contributed by atoms with E-state index in [2.05, 4.69) is 6.07 Å². The van der Waals surface area contributed by atoms with Crippen LogP contribution in [0.3, 0.4) is 0 Å². The van der Waals surface area contributed by atoms with E-state index in [1.165, 1.54) is 0 Å². The van der Waals surface area contributed by atoms with Crippen LogP contribution in [0.25, 0.3) is 0 Å². The molecule has 0 radical (unpaired) electrons. The van der Waals surface area contributed by atoms with Gasteiger partial charge < -0.3 is 9.80 Å². The second kappa shape index (κ2) is 6.44. The van der Waals surface area contributed by atoms with Crippen LogP contribution < -0.4 is 0 Å². The fraction of sp³-hybridized carbons (Fsp3) is 0.778. The van der Waals surface area contributed by atoms with Crippen molar-refractivity contribution in [1.82, 2.24) is 9.80 Å². The van der Waals surface area contributed by atoms with E-state index >= 15 is 0 Å². The van der Waals surface area contributed by atoms with E-state index < -0.39 is 0 Å². The van der Waals surface area contributed by atoms with Crippen LogP contribution in [0.5, 0.6) is 0 Å². The van der Waals surface area contributed by atoms with Crippen molar-refractivity contribution in [2.45, 2.75) is 12.8 Å². The number of nitriles is 1. The molecule has 0 fully saturated rings. The molecule has 0 saturated carbocycles. The van der Waals surface area contributed by atoms with E-state index in [4.69, 9.17) is 5.26 Å². The van der Waals surface area contributed by atoms with E-state index in [1.807, 2.05) is 11.9 Å². The summed E-state index contributed by atoms with van der Waals surface area (Å²) in [6.45, 7) is 1.45. The maximum atomic E-state index is 11.2. The lowest BCUT2D eigenvalue weighted by Crippen LogP contribution is -2.28. The van der Waals surface area contributed by atoms with Gasteiger partial charge in [0.1, 0.15) is 0 Å². The second-order valence-corrected chi connectivity index (χ2v) is 3.25. The molecule has 1 amide bonds. The van der Waals surface area contributed by atoms with Crippen LogP contribution in [0.2, 0.25) is 0 Å². The SMILES string of the molecule is CN(CCC#N)CCC(=O)N(C)C. The Morgan fingerprint density at radius 2 is 1.92 bits per heavy atom. The van der Waals surface area contributed by atoms with E-state index in [-0.39, 0.29) is 5.91 Å². The van der Waals surface area contributed by atoms with Crippen LogP contribution in [0, 0.1) is 11.3 Å². The highest BCUT2D eigenvalue weighted by Gasteiger charge is 2.05. The minimum absolute atomic E-state index is 0.129. The third kappa shape index (κ3) is 6.12. The number of amides is 1. The van der Waals surface area contributed by atoms with E-state index in [0.29, 0.717) is 12.8 Å². The monoisotopic (exact) mass is 183 g/mol. The van der Waals surface area contributed by atoms with E-state index in [1.54, 1.807) is 19.0 Å². The van der Waals surface area contributed by atoms with E-state index in [0.717, 1.165) is 13.1 Å². The first-order valence-electron chi connectivity index (χ1n) is 4.33. The molecule has 0 aliphatic rings. The quantitative estimate of drug-likeness (QED) is 0.616. The molecule has 0 aliphatic heterocycles. The molecule has 13 heavy (non-hydrogen) atoms. The minimum atomic E-state index is 0.129. The normalized spacial score (nSPS) is 9.77. The number of hydrogen-bond acceptors (Lipinski definition) is 3. The topological polar surface area (TPSA) is 47.3 Å². The van der Waals surface area contributed by atoms with Crippen molar-refractivity contribution < 1.29 is 4.79 Å². The second-order valence-electron chi connectivity index (χ2n) is 3.25. The summed E-state index contributed by atoms with van der Waals surface area (Å²) in [5.41, 5.74) is 0. The highest BCUT2D eigenvalue weighted by atomic mass is 16.2. The van der Waals surface area contributed by atoms with E-state index in [9.17, 15) is 4.79 Å². The largest absolute Gasteiger partial charge is 0.349 e. The lowest BCUT2D eigenvalue weighted by atomic mass is 10.3. The Labute approximate surface area is 79.7 Å². The zero-order valence-electron chi connectivity index (χ0n) is 8.58. The van der Waals surface area contributed by atoms with Crippen molar-refractivity contribution in [2.24, 2.45) is 0 Å². The summed E-state index contributed by atoms with van der Waals surface area (Å²) in [7, 11) is 5.41. The zero-order valence-corrected chi connectivity index (χ0v) is 8.58. The maximum absolute atomic E-state index is 11.2. The fourth-order valence-corrected chi connectivity index (χ4v) is 0.863. The Kier molecular flexibility index (Phi) is 5.90. The van der Waals surface area contributed by atoms with Gasteiger partial charge in [-0.1, -0.05) is 0 Å². The summed E-state index contributed by atoms with van der Waals surface area (Å²) in [6.07, 6.45) is 1.04. The summed E-state index contributed by atoms with van der Waals surface area (Å²) in [5.74, 6) is 0.129. The van der Waals surface area contributed by atoms with Crippen molar-refractivity contribution in [3.63, 3.8) is 0 Å². The molecule has 0 bridgehead atoms. The minimum Gasteiger partial charge on any atom is -0.349 e. The first-order valence-corrected chi connectivity index (χ1v) is 4.33. The Balaban J connectivity index is 3.53. The van der Waals surface area contributed by atoms with Gasteiger partial charge in [-0.05, 0) is 7.05 Å². The molecule has 0 spiro atoms. The Hall–Kier alpha value is -1.08. The Bertz CT molecular complexity index is 196. The number of rotatable bonds is 5. The highest BCUT2D eigenvalue weighted by Crippen LogP contribution is 1.92. The number of carbonyl (C=O) groups is 1. The molecular weight excluding hydrogens is 166 g/mol. The van der Waals surface area contributed by atoms with Crippen molar-refractivity contribution in [2.75, 3.05) is 34.2 Å². The number of nitrogens with zero attached hydrogens (tertiary/aromatic N) is 3. The first-order chi connectivity index (χ1) is 6.07.